The second-order valence-corrected chi connectivity index (χ2v) is 6.25. The van der Waals surface area contributed by atoms with Crippen LogP contribution >= 0.6 is 0 Å². The van der Waals surface area contributed by atoms with Crippen LogP contribution in [0.15, 0.2) is 42.9 Å². The average Bonchev–Trinajstić information content (AvgIpc) is 2.90. The first-order valence-electron chi connectivity index (χ1n) is 8.19. The molecule has 24 heavy (non-hydrogen) atoms. The molecule has 1 aliphatic rings. The van der Waals surface area contributed by atoms with Gasteiger partial charge in [-0.15, -0.1) is 0 Å². The van der Waals surface area contributed by atoms with Gasteiger partial charge >= 0.3 is 0 Å². The maximum atomic E-state index is 5.95. The lowest BCUT2D eigenvalue weighted by Gasteiger charge is -2.34. The number of methoxy groups -OCH3 is 1. The predicted molar refractivity (Wildman–Crippen MR) is 91.0 cm³/mol. The molecule has 1 saturated heterocycles. The lowest BCUT2D eigenvalue weighted by Crippen LogP contribution is -2.50. The number of aryl methyl sites for hydroxylation is 1. The Labute approximate surface area is 143 Å². The van der Waals surface area contributed by atoms with Crippen LogP contribution in [0.1, 0.15) is 5.69 Å². The number of rotatable bonds is 6. The molecule has 1 atom stereocenters. The summed E-state index contributed by atoms with van der Waals surface area (Å²) >= 11 is 0. The Hall–Kier alpha value is -1.89. The zero-order chi connectivity index (χ0) is 16.8. The zero-order valence-electron chi connectivity index (χ0n) is 14.4. The molecule has 0 N–H and O–H groups in total. The maximum Gasteiger partial charge on any atom is 0.137 e. The first-order valence-corrected chi connectivity index (χ1v) is 8.19. The third-order valence-electron chi connectivity index (χ3n) is 4.41. The van der Waals surface area contributed by atoms with Crippen molar-refractivity contribution in [3.63, 3.8) is 0 Å². The summed E-state index contributed by atoms with van der Waals surface area (Å²) in [5.41, 5.74) is 0.691. The molecule has 0 radical (unpaired) electrons. The summed E-state index contributed by atoms with van der Waals surface area (Å²) < 4.78 is 19.6. The molecule has 0 aliphatic carbocycles. The molecule has 2 heterocycles. The molecule has 0 saturated carbocycles. The van der Waals surface area contributed by atoms with Crippen LogP contribution in [0, 0.1) is 0 Å². The van der Waals surface area contributed by atoms with Gasteiger partial charge in [-0.1, -0.05) is 18.2 Å². The van der Waals surface area contributed by atoms with E-state index in [-0.39, 0.29) is 0 Å². The molecular formula is C18H25N3O3. The van der Waals surface area contributed by atoms with Gasteiger partial charge in [-0.25, -0.2) is 4.98 Å². The van der Waals surface area contributed by atoms with Gasteiger partial charge in [0.25, 0.3) is 0 Å². The number of hydrogen-bond donors (Lipinski definition) is 0. The fourth-order valence-corrected chi connectivity index (χ4v) is 2.89. The van der Waals surface area contributed by atoms with Crippen molar-refractivity contribution in [3.05, 3.63) is 48.5 Å². The van der Waals surface area contributed by atoms with E-state index in [0.29, 0.717) is 19.8 Å². The monoisotopic (exact) mass is 331 g/mol. The molecule has 3 rings (SSSR count). The van der Waals surface area contributed by atoms with Gasteiger partial charge in [0.15, 0.2) is 0 Å². The number of ether oxygens (including phenoxy) is 3. The topological polar surface area (TPSA) is 48.8 Å². The van der Waals surface area contributed by atoms with E-state index in [1.165, 1.54) is 5.69 Å². The second-order valence-electron chi connectivity index (χ2n) is 6.25. The van der Waals surface area contributed by atoms with Crippen LogP contribution in [0.5, 0.6) is 5.75 Å². The lowest BCUT2D eigenvalue weighted by atomic mass is 10.1. The number of nitrogens with zero attached hydrogens (tertiary/aromatic N) is 3. The van der Waals surface area contributed by atoms with Crippen LogP contribution < -0.4 is 4.74 Å². The van der Waals surface area contributed by atoms with Gasteiger partial charge in [0, 0.05) is 40.0 Å². The minimum atomic E-state index is -0.481. The maximum absolute atomic E-state index is 5.95. The van der Waals surface area contributed by atoms with Crippen molar-refractivity contribution in [2.45, 2.75) is 12.1 Å². The van der Waals surface area contributed by atoms with Gasteiger partial charge in [0.05, 0.1) is 25.2 Å². The molecule has 0 spiro atoms. The molecule has 6 heteroatoms. The third kappa shape index (κ3) is 4.14. The van der Waals surface area contributed by atoms with Gasteiger partial charge in [-0.2, -0.15) is 0 Å². The summed E-state index contributed by atoms with van der Waals surface area (Å²) in [6.07, 6.45) is 3.73. The SMILES string of the molecule is COC1(COc2ccccc2)COCCN(Cc2cncn2C)C1. The van der Waals surface area contributed by atoms with Crippen molar-refractivity contribution in [3.8, 4) is 5.75 Å². The number of benzene rings is 1. The summed E-state index contributed by atoms with van der Waals surface area (Å²) in [4.78, 5) is 6.53. The third-order valence-corrected chi connectivity index (χ3v) is 4.41. The van der Waals surface area contributed by atoms with Gasteiger partial charge in [0.1, 0.15) is 18.0 Å². The fourth-order valence-electron chi connectivity index (χ4n) is 2.89. The number of imidazole rings is 1. The first-order chi connectivity index (χ1) is 11.7. The highest BCUT2D eigenvalue weighted by Gasteiger charge is 2.36. The molecule has 0 amide bonds. The molecule has 1 fully saturated rings. The van der Waals surface area contributed by atoms with Crippen molar-refractivity contribution < 1.29 is 14.2 Å². The average molecular weight is 331 g/mol. The van der Waals surface area contributed by atoms with Crippen molar-refractivity contribution in [1.82, 2.24) is 14.5 Å². The smallest absolute Gasteiger partial charge is 0.137 e. The molecule has 1 aromatic heterocycles. The Bertz CT molecular complexity index is 631. The van der Waals surface area contributed by atoms with E-state index in [9.17, 15) is 0 Å². The first kappa shape index (κ1) is 17.0. The Morgan fingerprint density at radius 1 is 1.29 bits per heavy atom. The molecule has 1 aromatic carbocycles. The minimum absolute atomic E-state index is 0.454. The second kappa shape index (κ2) is 7.79. The normalized spacial score (nSPS) is 22.2. The van der Waals surface area contributed by atoms with E-state index in [1.54, 1.807) is 7.11 Å². The van der Waals surface area contributed by atoms with Gasteiger partial charge in [-0.05, 0) is 12.1 Å². The van der Waals surface area contributed by atoms with Gasteiger partial charge < -0.3 is 18.8 Å². The van der Waals surface area contributed by atoms with E-state index < -0.39 is 5.60 Å². The molecule has 2 aromatic rings. The summed E-state index contributed by atoms with van der Waals surface area (Å²) in [6, 6.07) is 9.81. The van der Waals surface area contributed by atoms with Crippen LogP contribution in [0.25, 0.3) is 0 Å². The van der Waals surface area contributed by atoms with Gasteiger partial charge in [-0.3, -0.25) is 4.90 Å². The minimum Gasteiger partial charge on any atom is -0.490 e. The van der Waals surface area contributed by atoms with E-state index >= 15 is 0 Å². The fraction of sp³-hybridized carbons (Fsp3) is 0.500. The summed E-state index contributed by atoms with van der Waals surface area (Å²) in [5.74, 6) is 0.844. The summed E-state index contributed by atoms with van der Waals surface area (Å²) in [7, 11) is 3.74. The zero-order valence-corrected chi connectivity index (χ0v) is 14.4. The Kier molecular flexibility index (Phi) is 5.50. The Balaban J connectivity index is 1.67. The van der Waals surface area contributed by atoms with Crippen LogP contribution in [0.2, 0.25) is 0 Å². The van der Waals surface area contributed by atoms with E-state index in [0.717, 1.165) is 25.4 Å². The highest BCUT2D eigenvalue weighted by molar-refractivity contribution is 5.21. The van der Waals surface area contributed by atoms with E-state index in [1.807, 2.05) is 54.5 Å². The molecule has 0 bridgehead atoms. The Morgan fingerprint density at radius 2 is 2.12 bits per heavy atom. The molecule has 130 valence electrons. The number of aromatic nitrogens is 2. The lowest BCUT2D eigenvalue weighted by molar-refractivity contribution is -0.0926. The highest BCUT2D eigenvalue weighted by atomic mass is 16.6. The predicted octanol–water partition coefficient (Wildman–Crippen LogP) is 1.72. The van der Waals surface area contributed by atoms with Crippen molar-refractivity contribution in [2.24, 2.45) is 7.05 Å². The Morgan fingerprint density at radius 3 is 2.83 bits per heavy atom. The largest absolute Gasteiger partial charge is 0.490 e. The summed E-state index contributed by atoms with van der Waals surface area (Å²) in [5, 5.41) is 0. The quantitative estimate of drug-likeness (QED) is 0.807. The molecule has 1 unspecified atom stereocenters. The number of para-hydroxylation sites is 1. The van der Waals surface area contributed by atoms with Gasteiger partial charge in [0.2, 0.25) is 0 Å². The van der Waals surface area contributed by atoms with Crippen LogP contribution in [-0.2, 0) is 23.1 Å². The summed E-state index contributed by atoms with van der Waals surface area (Å²) in [6.45, 7) is 4.10. The van der Waals surface area contributed by atoms with E-state index in [2.05, 4.69) is 9.88 Å². The van der Waals surface area contributed by atoms with Crippen LogP contribution in [0.3, 0.4) is 0 Å². The molecule has 6 nitrogen and oxygen atoms in total. The van der Waals surface area contributed by atoms with Crippen molar-refractivity contribution in [1.29, 1.82) is 0 Å². The molecular weight excluding hydrogens is 306 g/mol. The van der Waals surface area contributed by atoms with Crippen LogP contribution in [-0.4, -0.2) is 60.1 Å². The van der Waals surface area contributed by atoms with E-state index in [4.69, 9.17) is 14.2 Å². The highest BCUT2D eigenvalue weighted by Crippen LogP contribution is 2.20. The van der Waals surface area contributed by atoms with Crippen LogP contribution in [0.4, 0.5) is 0 Å². The van der Waals surface area contributed by atoms with Crippen molar-refractivity contribution >= 4 is 0 Å². The number of hydrogen-bond acceptors (Lipinski definition) is 5. The molecule has 1 aliphatic heterocycles. The van der Waals surface area contributed by atoms with Crippen molar-refractivity contribution in [2.75, 3.05) is 40.0 Å². The standard InChI is InChI=1S/C18H25N3O3/c1-20-15-19-10-16(20)11-21-8-9-23-13-18(12-21,22-2)14-24-17-6-4-3-5-7-17/h3-7,10,15H,8-9,11-14H2,1-2H3.